The third-order valence-corrected chi connectivity index (χ3v) is 3.98. The molecule has 20 heavy (non-hydrogen) atoms. The predicted octanol–water partition coefficient (Wildman–Crippen LogP) is 1.62. The van der Waals surface area contributed by atoms with Gasteiger partial charge in [-0.2, -0.15) is 5.26 Å². The molecule has 1 saturated heterocycles. The van der Waals surface area contributed by atoms with Crippen molar-refractivity contribution in [1.82, 2.24) is 10.2 Å². The molecule has 0 aliphatic carbocycles. The van der Waals surface area contributed by atoms with E-state index in [0.29, 0.717) is 0 Å². The van der Waals surface area contributed by atoms with Gasteiger partial charge >= 0.3 is 0 Å². The van der Waals surface area contributed by atoms with Crippen molar-refractivity contribution < 1.29 is 0 Å². The minimum Gasteiger partial charge on any atom is -0.369 e. The number of piperazine rings is 1. The molecule has 0 radical (unpaired) electrons. The van der Waals surface area contributed by atoms with E-state index in [1.54, 1.807) is 0 Å². The number of nitrogens with one attached hydrogen (secondary N) is 1. The Bertz CT molecular complexity index is 458. The molecule has 0 amide bonds. The fourth-order valence-corrected chi connectivity index (χ4v) is 2.64. The van der Waals surface area contributed by atoms with E-state index in [-0.39, 0.29) is 6.04 Å². The Balaban J connectivity index is 1.79. The van der Waals surface area contributed by atoms with Crippen molar-refractivity contribution >= 4 is 5.69 Å². The summed E-state index contributed by atoms with van der Waals surface area (Å²) in [5, 5.41) is 12.0. The largest absolute Gasteiger partial charge is 0.369 e. The van der Waals surface area contributed by atoms with E-state index in [0.717, 1.165) is 39.1 Å². The maximum Gasteiger partial charge on any atom is 0.0962 e. The first kappa shape index (κ1) is 14.8. The van der Waals surface area contributed by atoms with Crippen LogP contribution in [0.2, 0.25) is 0 Å². The minimum absolute atomic E-state index is 0.0233. The molecule has 1 aromatic carbocycles. The van der Waals surface area contributed by atoms with Gasteiger partial charge in [0.05, 0.1) is 12.1 Å². The zero-order valence-corrected chi connectivity index (χ0v) is 12.5. The Morgan fingerprint density at radius 2 is 2.05 bits per heavy atom. The molecule has 1 N–H and O–H groups in total. The predicted molar refractivity (Wildman–Crippen MR) is 82.9 cm³/mol. The van der Waals surface area contributed by atoms with Gasteiger partial charge in [0.25, 0.3) is 0 Å². The van der Waals surface area contributed by atoms with Crippen LogP contribution in [0.25, 0.3) is 0 Å². The second-order valence-corrected chi connectivity index (χ2v) is 5.43. The highest BCUT2D eigenvalue weighted by Crippen LogP contribution is 2.17. The van der Waals surface area contributed by atoms with Crippen LogP contribution in [0.15, 0.2) is 24.3 Å². The molecule has 1 unspecified atom stereocenters. The highest BCUT2D eigenvalue weighted by molar-refractivity contribution is 5.48. The summed E-state index contributed by atoms with van der Waals surface area (Å²) in [6.07, 6.45) is 0.900. The van der Waals surface area contributed by atoms with Gasteiger partial charge in [-0.3, -0.25) is 4.90 Å². The van der Waals surface area contributed by atoms with Crippen LogP contribution in [0.3, 0.4) is 0 Å². The molecule has 4 heteroatoms. The fourth-order valence-electron chi connectivity index (χ4n) is 2.64. The average Bonchev–Trinajstić information content (AvgIpc) is 2.49. The maximum atomic E-state index is 8.93. The molecule has 1 aliphatic rings. The molecular formula is C16H24N4. The molecule has 4 nitrogen and oxygen atoms in total. The lowest BCUT2D eigenvalue weighted by atomic mass is 10.1. The van der Waals surface area contributed by atoms with E-state index in [1.807, 2.05) is 7.05 Å². The standard InChI is InChI=1S/C16H24N4/c1-14-4-3-5-16(12-14)20-10-8-19(9-11-20)7-6-15(13-17)18-2/h3-5,12,15,18H,6-11H2,1-2H3. The number of nitrogens with zero attached hydrogens (tertiary/aromatic N) is 3. The molecule has 0 aromatic heterocycles. The molecular weight excluding hydrogens is 248 g/mol. The summed E-state index contributed by atoms with van der Waals surface area (Å²) in [6.45, 7) is 7.44. The molecule has 1 aromatic rings. The van der Waals surface area contributed by atoms with Crippen molar-refractivity contribution in [1.29, 1.82) is 5.26 Å². The van der Waals surface area contributed by atoms with Crippen molar-refractivity contribution in [2.45, 2.75) is 19.4 Å². The fraction of sp³-hybridized carbons (Fsp3) is 0.562. The molecule has 1 atom stereocenters. The van der Waals surface area contributed by atoms with Crippen molar-refractivity contribution in [3.8, 4) is 6.07 Å². The van der Waals surface area contributed by atoms with Gasteiger partial charge in [0.1, 0.15) is 0 Å². The highest BCUT2D eigenvalue weighted by Gasteiger charge is 2.17. The van der Waals surface area contributed by atoms with Crippen LogP contribution in [0.1, 0.15) is 12.0 Å². The summed E-state index contributed by atoms with van der Waals surface area (Å²) >= 11 is 0. The van der Waals surface area contributed by atoms with Crippen molar-refractivity contribution in [2.75, 3.05) is 44.7 Å². The van der Waals surface area contributed by atoms with Gasteiger partial charge in [0, 0.05) is 38.4 Å². The summed E-state index contributed by atoms with van der Waals surface area (Å²) in [5.41, 5.74) is 2.64. The molecule has 0 saturated carbocycles. The van der Waals surface area contributed by atoms with Crippen LogP contribution in [0, 0.1) is 18.3 Å². The van der Waals surface area contributed by atoms with E-state index in [2.05, 4.69) is 52.4 Å². The SMILES string of the molecule is CNC(C#N)CCN1CCN(c2cccc(C)c2)CC1. The smallest absolute Gasteiger partial charge is 0.0962 e. The maximum absolute atomic E-state index is 8.93. The normalized spacial score (nSPS) is 17.8. The van der Waals surface area contributed by atoms with Crippen LogP contribution in [0.5, 0.6) is 0 Å². The van der Waals surface area contributed by atoms with Crippen LogP contribution >= 0.6 is 0 Å². The Morgan fingerprint density at radius 1 is 1.30 bits per heavy atom. The number of aryl methyl sites for hydroxylation is 1. The summed E-state index contributed by atoms with van der Waals surface area (Å²) < 4.78 is 0. The Hall–Kier alpha value is -1.57. The molecule has 108 valence electrons. The minimum atomic E-state index is -0.0233. The molecule has 0 bridgehead atoms. The Kier molecular flexibility index (Phi) is 5.40. The molecule has 2 rings (SSSR count). The van der Waals surface area contributed by atoms with Crippen LogP contribution < -0.4 is 10.2 Å². The molecule has 1 aliphatic heterocycles. The highest BCUT2D eigenvalue weighted by atomic mass is 15.3. The number of benzene rings is 1. The van der Waals surface area contributed by atoms with E-state index < -0.39 is 0 Å². The topological polar surface area (TPSA) is 42.3 Å². The lowest BCUT2D eigenvalue weighted by Gasteiger charge is -2.36. The van der Waals surface area contributed by atoms with Gasteiger partial charge in [-0.05, 0) is 38.1 Å². The van der Waals surface area contributed by atoms with Gasteiger partial charge in [-0.25, -0.2) is 0 Å². The zero-order valence-electron chi connectivity index (χ0n) is 12.5. The molecule has 1 heterocycles. The van der Waals surface area contributed by atoms with Crippen LogP contribution in [-0.2, 0) is 0 Å². The van der Waals surface area contributed by atoms with E-state index in [1.165, 1.54) is 11.3 Å². The molecule has 0 spiro atoms. The van der Waals surface area contributed by atoms with Crippen molar-refractivity contribution in [3.63, 3.8) is 0 Å². The van der Waals surface area contributed by atoms with Gasteiger partial charge in [0.15, 0.2) is 0 Å². The van der Waals surface area contributed by atoms with Gasteiger partial charge in [0.2, 0.25) is 0 Å². The number of hydrogen-bond donors (Lipinski definition) is 1. The van der Waals surface area contributed by atoms with Crippen molar-refractivity contribution in [3.05, 3.63) is 29.8 Å². The van der Waals surface area contributed by atoms with Crippen LogP contribution in [-0.4, -0.2) is 50.7 Å². The average molecular weight is 272 g/mol. The quantitative estimate of drug-likeness (QED) is 0.884. The first-order valence-electron chi connectivity index (χ1n) is 7.34. The van der Waals surface area contributed by atoms with Gasteiger partial charge in [-0.1, -0.05) is 12.1 Å². The summed E-state index contributed by atoms with van der Waals surface area (Å²) in [7, 11) is 1.85. The monoisotopic (exact) mass is 272 g/mol. The first-order valence-corrected chi connectivity index (χ1v) is 7.34. The first-order chi connectivity index (χ1) is 9.72. The van der Waals surface area contributed by atoms with Crippen molar-refractivity contribution in [2.24, 2.45) is 0 Å². The Morgan fingerprint density at radius 3 is 2.65 bits per heavy atom. The lowest BCUT2D eigenvalue weighted by Crippen LogP contribution is -2.47. The van der Waals surface area contributed by atoms with E-state index >= 15 is 0 Å². The van der Waals surface area contributed by atoms with E-state index in [4.69, 9.17) is 5.26 Å². The summed E-state index contributed by atoms with van der Waals surface area (Å²) in [5.74, 6) is 0. The van der Waals surface area contributed by atoms with Gasteiger partial charge in [-0.15, -0.1) is 0 Å². The zero-order chi connectivity index (χ0) is 14.4. The number of anilines is 1. The summed E-state index contributed by atoms with van der Waals surface area (Å²) in [4.78, 5) is 4.90. The lowest BCUT2D eigenvalue weighted by molar-refractivity contribution is 0.250. The number of nitriles is 1. The second kappa shape index (κ2) is 7.28. The van der Waals surface area contributed by atoms with E-state index in [9.17, 15) is 0 Å². The summed E-state index contributed by atoms with van der Waals surface area (Å²) in [6, 6.07) is 11.0. The van der Waals surface area contributed by atoms with Gasteiger partial charge < -0.3 is 10.2 Å². The third kappa shape index (κ3) is 3.96. The Labute approximate surface area is 122 Å². The number of rotatable bonds is 5. The second-order valence-electron chi connectivity index (χ2n) is 5.43. The third-order valence-electron chi connectivity index (χ3n) is 3.98. The number of hydrogen-bond acceptors (Lipinski definition) is 4. The molecule has 1 fully saturated rings. The van der Waals surface area contributed by atoms with Crippen LogP contribution in [0.4, 0.5) is 5.69 Å².